The molecule has 5 nitrogen and oxygen atoms in total. The molecule has 0 spiro atoms. The van der Waals surface area contributed by atoms with E-state index in [0.717, 1.165) is 48.7 Å². The summed E-state index contributed by atoms with van der Waals surface area (Å²) in [5, 5.41) is 7.95. The first-order valence-electron chi connectivity index (χ1n) is 7.68. The molecular formula is C16H22N4O. The highest BCUT2D eigenvalue weighted by Gasteiger charge is 2.27. The summed E-state index contributed by atoms with van der Waals surface area (Å²) in [6.45, 7) is 2.78. The number of aromatic nitrogens is 2. The van der Waals surface area contributed by atoms with Crippen molar-refractivity contribution in [3.05, 3.63) is 30.0 Å². The Morgan fingerprint density at radius 2 is 2.14 bits per heavy atom. The Balaban J connectivity index is 1.80. The number of amides is 1. The molecule has 0 unspecified atom stereocenters. The largest absolute Gasteiger partial charge is 0.336 e. The molecule has 1 aliphatic carbocycles. The van der Waals surface area contributed by atoms with E-state index in [2.05, 4.69) is 10.2 Å². The predicted molar refractivity (Wildman–Crippen MR) is 83.0 cm³/mol. The van der Waals surface area contributed by atoms with Gasteiger partial charge in [-0.2, -0.15) is 5.10 Å². The van der Waals surface area contributed by atoms with Gasteiger partial charge in [-0.25, -0.2) is 0 Å². The number of nitrogens with one attached hydrogen (secondary N) is 1. The van der Waals surface area contributed by atoms with E-state index in [1.54, 1.807) is 6.20 Å². The molecule has 0 saturated heterocycles. The number of carbonyl (C=O) groups excluding carboxylic acids is 1. The van der Waals surface area contributed by atoms with E-state index in [0.29, 0.717) is 12.1 Å². The normalized spacial score (nSPS) is 22.4. The molecule has 0 bridgehead atoms. The van der Waals surface area contributed by atoms with Crippen LogP contribution in [0.2, 0.25) is 0 Å². The van der Waals surface area contributed by atoms with E-state index < -0.39 is 0 Å². The van der Waals surface area contributed by atoms with Gasteiger partial charge in [0.15, 0.2) is 0 Å². The fraction of sp³-hybridized carbons (Fsp3) is 0.500. The van der Waals surface area contributed by atoms with E-state index in [1.807, 2.05) is 30.0 Å². The molecule has 1 aromatic carbocycles. The van der Waals surface area contributed by atoms with Crippen molar-refractivity contribution in [1.82, 2.24) is 15.1 Å². The molecule has 1 aromatic heterocycles. The quantitative estimate of drug-likeness (QED) is 0.909. The fourth-order valence-corrected chi connectivity index (χ4v) is 3.22. The van der Waals surface area contributed by atoms with E-state index in [9.17, 15) is 4.79 Å². The molecule has 3 rings (SSSR count). The molecule has 5 heteroatoms. The maximum Gasteiger partial charge on any atom is 0.254 e. The lowest BCUT2D eigenvalue weighted by molar-refractivity contribution is 0.0641. The van der Waals surface area contributed by atoms with Crippen molar-refractivity contribution in [3.8, 4) is 0 Å². The van der Waals surface area contributed by atoms with E-state index >= 15 is 0 Å². The van der Waals surface area contributed by atoms with Crippen LogP contribution in [0.15, 0.2) is 24.4 Å². The number of benzene rings is 1. The van der Waals surface area contributed by atoms with Crippen molar-refractivity contribution >= 4 is 16.8 Å². The van der Waals surface area contributed by atoms with Crippen molar-refractivity contribution in [3.63, 3.8) is 0 Å². The molecule has 21 heavy (non-hydrogen) atoms. The fourth-order valence-electron chi connectivity index (χ4n) is 3.22. The van der Waals surface area contributed by atoms with Crippen LogP contribution >= 0.6 is 0 Å². The Kier molecular flexibility index (Phi) is 3.92. The van der Waals surface area contributed by atoms with Crippen LogP contribution in [0.5, 0.6) is 0 Å². The highest BCUT2D eigenvalue weighted by molar-refractivity contribution is 5.97. The van der Waals surface area contributed by atoms with Crippen LogP contribution in [0, 0.1) is 0 Å². The molecule has 1 saturated carbocycles. The van der Waals surface area contributed by atoms with Gasteiger partial charge in [0.05, 0.1) is 11.7 Å². The molecule has 0 aliphatic heterocycles. The third-order valence-corrected chi connectivity index (χ3v) is 4.47. The minimum Gasteiger partial charge on any atom is -0.336 e. The van der Waals surface area contributed by atoms with E-state index in [-0.39, 0.29) is 5.91 Å². The summed E-state index contributed by atoms with van der Waals surface area (Å²) >= 11 is 0. The smallest absolute Gasteiger partial charge is 0.254 e. The van der Waals surface area contributed by atoms with Crippen LogP contribution in [0.1, 0.15) is 43.0 Å². The van der Waals surface area contributed by atoms with Gasteiger partial charge in [0.1, 0.15) is 0 Å². The summed E-state index contributed by atoms with van der Waals surface area (Å²) in [5.74, 6) is 0.106. The second kappa shape index (κ2) is 5.85. The third-order valence-electron chi connectivity index (χ3n) is 4.47. The zero-order chi connectivity index (χ0) is 14.8. The average molecular weight is 286 g/mol. The van der Waals surface area contributed by atoms with Gasteiger partial charge in [-0.05, 0) is 44.7 Å². The van der Waals surface area contributed by atoms with Crippen LogP contribution in [-0.4, -0.2) is 39.6 Å². The number of nitrogens with zero attached hydrogens (tertiary/aromatic N) is 2. The van der Waals surface area contributed by atoms with E-state index in [4.69, 9.17) is 5.73 Å². The Bertz CT molecular complexity index is 628. The maximum atomic E-state index is 12.8. The van der Waals surface area contributed by atoms with Crippen LogP contribution in [0.4, 0.5) is 0 Å². The number of rotatable bonds is 3. The van der Waals surface area contributed by atoms with Crippen molar-refractivity contribution in [2.45, 2.75) is 44.7 Å². The zero-order valence-corrected chi connectivity index (χ0v) is 12.4. The first-order chi connectivity index (χ1) is 10.2. The van der Waals surface area contributed by atoms with Gasteiger partial charge in [-0.15, -0.1) is 0 Å². The second-order valence-corrected chi connectivity index (χ2v) is 5.83. The van der Waals surface area contributed by atoms with Gasteiger partial charge in [-0.1, -0.05) is 6.07 Å². The summed E-state index contributed by atoms with van der Waals surface area (Å²) in [6, 6.07) is 6.34. The molecule has 0 atom stereocenters. The molecule has 112 valence electrons. The SMILES string of the molecule is CCN(C(=O)c1ccc2cn[nH]c2c1)C1CCC(N)CC1. The molecular weight excluding hydrogens is 264 g/mol. The number of H-pyrrole nitrogens is 1. The van der Waals surface area contributed by atoms with Crippen molar-refractivity contribution in [1.29, 1.82) is 0 Å². The first kappa shape index (κ1) is 14.1. The highest BCUT2D eigenvalue weighted by Crippen LogP contribution is 2.24. The molecule has 1 amide bonds. The minimum absolute atomic E-state index is 0.106. The number of fused-ring (bicyclic) bond motifs is 1. The number of hydrogen-bond donors (Lipinski definition) is 2. The molecule has 0 radical (unpaired) electrons. The van der Waals surface area contributed by atoms with Crippen LogP contribution in [0.25, 0.3) is 10.9 Å². The number of nitrogens with two attached hydrogens (primary N) is 1. The summed E-state index contributed by atoms with van der Waals surface area (Å²) in [4.78, 5) is 14.8. The topological polar surface area (TPSA) is 75.0 Å². The summed E-state index contributed by atoms with van der Waals surface area (Å²) < 4.78 is 0. The standard InChI is InChI=1S/C16H22N4O/c1-2-20(14-7-5-13(17)6-8-14)16(21)11-3-4-12-10-18-19-15(12)9-11/h3-4,9-10,13-14H,2,5-8,17H2,1H3,(H,18,19). The Labute approximate surface area is 124 Å². The Hall–Kier alpha value is -1.88. The second-order valence-electron chi connectivity index (χ2n) is 5.83. The molecule has 1 fully saturated rings. The maximum absolute atomic E-state index is 12.8. The third kappa shape index (κ3) is 2.78. The summed E-state index contributed by atoms with van der Waals surface area (Å²) in [5.41, 5.74) is 7.59. The van der Waals surface area contributed by atoms with E-state index in [1.165, 1.54) is 0 Å². The van der Waals surface area contributed by atoms with Gasteiger partial charge in [0.25, 0.3) is 5.91 Å². The lowest BCUT2D eigenvalue weighted by Gasteiger charge is -2.35. The lowest BCUT2D eigenvalue weighted by Crippen LogP contribution is -2.44. The summed E-state index contributed by atoms with van der Waals surface area (Å²) in [7, 11) is 0. The van der Waals surface area contributed by atoms with Crippen LogP contribution in [0.3, 0.4) is 0 Å². The van der Waals surface area contributed by atoms with Crippen molar-refractivity contribution in [2.75, 3.05) is 6.54 Å². The zero-order valence-electron chi connectivity index (χ0n) is 12.4. The number of carbonyl (C=O) groups is 1. The van der Waals surface area contributed by atoms with Crippen LogP contribution in [-0.2, 0) is 0 Å². The first-order valence-corrected chi connectivity index (χ1v) is 7.68. The van der Waals surface area contributed by atoms with Gasteiger partial charge >= 0.3 is 0 Å². The van der Waals surface area contributed by atoms with Gasteiger partial charge in [0.2, 0.25) is 0 Å². The Morgan fingerprint density at radius 1 is 1.38 bits per heavy atom. The van der Waals surface area contributed by atoms with Gasteiger partial charge < -0.3 is 10.6 Å². The monoisotopic (exact) mass is 286 g/mol. The van der Waals surface area contributed by atoms with Crippen LogP contribution < -0.4 is 5.73 Å². The summed E-state index contributed by atoms with van der Waals surface area (Å²) in [6.07, 6.45) is 5.80. The highest BCUT2D eigenvalue weighted by atomic mass is 16.2. The minimum atomic E-state index is 0.106. The lowest BCUT2D eigenvalue weighted by atomic mass is 9.90. The van der Waals surface area contributed by atoms with Crippen molar-refractivity contribution in [2.24, 2.45) is 5.73 Å². The number of aromatic amines is 1. The predicted octanol–water partition coefficient (Wildman–Crippen LogP) is 2.29. The Morgan fingerprint density at radius 3 is 2.86 bits per heavy atom. The average Bonchev–Trinajstić information content (AvgIpc) is 2.97. The molecule has 1 heterocycles. The van der Waals surface area contributed by atoms with Gasteiger partial charge in [-0.3, -0.25) is 9.89 Å². The molecule has 1 aliphatic rings. The molecule has 3 N–H and O–H groups in total. The van der Waals surface area contributed by atoms with Crippen molar-refractivity contribution < 1.29 is 4.79 Å². The number of hydrogen-bond acceptors (Lipinski definition) is 3. The molecule has 2 aromatic rings. The van der Waals surface area contributed by atoms with Gasteiger partial charge in [0, 0.05) is 29.6 Å².